The van der Waals surface area contributed by atoms with Gasteiger partial charge in [0, 0.05) is 56.3 Å². The van der Waals surface area contributed by atoms with E-state index in [0.717, 1.165) is 0 Å². The molecule has 1 N–H and O–H groups in total. The average Bonchev–Trinajstić information content (AvgIpc) is 2.97. The Labute approximate surface area is 317 Å². The van der Waals surface area contributed by atoms with Gasteiger partial charge in [-0.3, -0.25) is 10.1 Å². The molecule has 292 valence electrons. The molecule has 1 rings (SSSR count). The molecule has 0 aliphatic heterocycles. The highest BCUT2D eigenvalue weighted by Gasteiger charge is 2.31. The zero-order valence-electron chi connectivity index (χ0n) is 31.7. The number of carbonyl (C=O) groups excluding carboxylic acids is 3. The number of benzene rings is 1. The van der Waals surface area contributed by atoms with Crippen molar-refractivity contribution in [3.05, 3.63) is 34.4 Å². The molecule has 17 heteroatoms. The van der Waals surface area contributed by atoms with Crippen molar-refractivity contribution in [1.29, 1.82) is 0 Å². The number of carbonyl (C=O) groups is 3. The molecule has 0 radical (unpaired) electrons. The number of alkyl carbamates (subject to hydrolysis) is 1. The fraction of sp³-hybridized carbons (Fsp3) is 0.735. The number of sulfonamides is 1. The predicted octanol–water partition coefficient (Wildman–Crippen LogP) is 6.97. The SMILES string of the molecule is CC(C)(C)OC(=O)NCCCN(CCCCN(CCCN(CCCI)S(=O)(=O)c1ccccc1[N+](=O)[O-])C(=O)OC(C)(C)C)C(=O)OC(C)(C)C. The maximum Gasteiger partial charge on any atom is 0.410 e. The van der Waals surface area contributed by atoms with Gasteiger partial charge in [0.15, 0.2) is 4.90 Å². The minimum absolute atomic E-state index is 0.0358. The number of nitro groups is 1. The van der Waals surface area contributed by atoms with E-state index < -0.39 is 55.7 Å². The van der Waals surface area contributed by atoms with Crippen molar-refractivity contribution in [3.8, 4) is 0 Å². The van der Waals surface area contributed by atoms with Crippen LogP contribution in [-0.2, 0) is 24.2 Å². The largest absolute Gasteiger partial charge is 0.444 e. The smallest absolute Gasteiger partial charge is 0.410 e. The summed E-state index contributed by atoms with van der Waals surface area (Å²) in [5.41, 5.74) is -2.59. The van der Waals surface area contributed by atoms with E-state index in [2.05, 4.69) is 27.9 Å². The third kappa shape index (κ3) is 18.9. The molecule has 3 amide bonds. The highest BCUT2D eigenvalue weighted by atomic mass is 127. The van der Waals surface area contributed by atoms with Crippen molar-refractivity contribution in [1.82, 2.24) is 19.4 Å². The molecule has 0 unspecified atom stereocenters. The van der Waals surface area contributed by atoms with Crippen LogP contribution in [0.4, 0.5) is 20.1 Å². The standard InChI is InChI=1S/C34H58IN5O10S/c1-32(2,3)48-29(41)36-20-15-23-37(30(42)49-33(4,5)6)21-12-13-22-38(31(43)50-34(7,8)9)24-16-26-39(25-14-19-35)51(46,47)28-18-11-10-17-27(28)40(44)45/h10-11,17-18H,12-16,19-26H2,1-9H3,(H,36,41). The summed E-state index contributed by atoms with van der Waals surface area (Å²) in [5.74, 6) is 0. The predicted molar refractivity (Wildman–Crippen MR) is 204 cm³/mol. The zero-order valence-corrected chi connectivity index (χ0v) is 34.6. The molecular weight excluding hydrogens is 797 g/mol. The Morgan fingerprint density at radius 3 is 1.65 bits per heavy atom. The van der Waals surface area contributed by atoms with Gasteiger partial charge in [0.2, 0.25) is 10.0 Å². The minimum atomic E-state index is -4.20. The topological polar surface area (TPSA) is 178 Å². The lowest BCUT2D eigenvalue weighted by Crippen LogP contribution is -2.41. The van der Waals surface area contributed by atoms with E-state index in [0.29, 0.717) is 49.7 Å². The molecule has 0 bridgehead atoms. The van der Waals surface area contributed by atoms with Crippen LogP contribution in [0.15, 0.2) is 29.2 Å². The first-order valence-corrected chi connectivity index (χ1v) is 20.2. The van der Waals surface area contributed by atoms with Crippen LogP contribution in [0.25, 0.3) is 0 Å². The molecule has 0 fully saturated rings. The van der Waals surface area contributed by atoms with Crippen molar-refractivity contribution in [3.63, 3.8) is 0 Å². The lowest BCUT2D eigenvalue weighted by Gasteiger charge is -2.29. The van der Waals surface area contributed by atoms with Crippen LogP contribution in [-0.4, -0.2) is 113 Å². The summed E-state index contributed by atoms with van der Waals surface area (Å²) < 4.78 is 45.6. The van der Waals surface area contributed by atoms with Gasteiger partial charge in [-0.15, -0.1) is 0 Å². The van der Waals surface area contributed by atoms with Gasteiger partial charge in [-0.05, 0) is 100 Å². The van der Waals surface area contributed by atoms with Crippen LogP contribution in [0.2, 0.25) is 0 Å². The molecule has 1 aromatic rings. The molecule has 0 heterocycles. The highest BCUT2D eigenvalue weighted by molar-refractivity contribution is 14.1. The molecule has 1 aromatic carbocycles. The lowest BCUT2D eigenvalue weighted by atomic mass is 10.2. The summed E-state index contributed by atoms with van der Waals surface area (Å²) in [6.07, 6.45) is 0.700. The van der Waals surface area contributed by atoms with E-state index >= 15 is 0 Å². The Bertz CT molecular complexity index is 1390. The Kier molecular flexibility index (Phi) is 18.9. The van der Waals surface area contributed by atoms with Crippen molar-refractivity contribution in [2.24, 2.45) is 0 Å². The van der Waals surface area contributed by atoms with Crippen LogP contribution in [0, 0.1) is 10.1 Å². The lowest BCUT2D eigenvalue weighted by molar-refractivity contribution is -0.387. The van der Waals surface area contributed by atoms with Gasteiger partial charge >= 0.3 is 18.3 Å². The van der Waals surface area contributed by atoms with Crippen LogP contribution in [0.1, 0.15) is 94.4 Å². The van der Waals surface area contributed by atoms with E-state index in [1.54, 1.807) is 67.2 Å². The molecular formula is C34H58IN5O10S. The first-order chi connectivity index (χ1) is 23.5. The molecule has 51 heavy (non-hydrogen) atoms. The molecule has 0 saturated heterocycles. The molecule has 0 aromatic heterocycles. The Morgan fingerprint density at radius 2 is 1.18 bits per heavy atom. The molecule has 0 aliphatic carbocycles. The van der Waals surface area contributed by atoms with Crippen LogP contribution in [0.3, 0.4) is 0 Å². The van der Waals surface area contributed by atoms with Crippen molar-refractivity contribution in [2.75, 3.05) is 50.2 Å². The summed E-state index contributed by atoms with van der Waals surface area (Å²) in [6.45, 7) is 17.5. The van der Waals surface area contributed by atoms with Gasteiger partial charge < -0.3 is 29.3 Å². The van der Waals surface area contributed by atoms with Gasteiger partial charge in [-0.25, -0.2) is 22.8 Å². The molecule has 0 spiro atoms. The third-order valence-electron chi connectivity index (χ3n) is 6.74. The third-order valence-corrected chi connectivity index (χ3v) is 9.45. The normalized spacial score (nSPS) is 12.3. The fourth-order valence-corrected chi connectivity index (χ4v) is 6.63. The molecule has 0 atom stereocenters. The zero-order chi connectivity index (χ0) is 39.0. The first kappa shape index (κ1) is 46.1. The maximum atomic E-state index is 13.6. The maximum absolute atomic E-state index is 13.6. The van der Waals surface area contributed by atoms with E-state index in [-0.39, 0.29) is 37.5 Å². The second-order valence-corrected chi connectivity index (χ2v) is 17.9. The van der Waals surface area contributed by atoms with E-state index in [9.17, 15) is 32.9 Å². The number of rotatable bonds is 19. The van der Waals surface area contributed by atoms with Gasteiger partial charge in [0.1, 0.15) is 16.8 Å². The molecule has 15 nitrogen and oxygen atoms in total. The number of nitrogens with one attached hydrogen (secondary N) is 1. The number of amides is 3. The number of ether oxygens (including phenoxy) is 3. The second kappa shape index (κ2) is 20.9. The van der Waals surface area contributed by atoms with Crippen LogP contribution in [0.5, 0.6) is 0 Å². The Morgan fingerprint density at radius 1 is 0.725 bits per heavy atom. The average molecular weight is 856 g/mol. The first-order valence-electron chi connectivity index (χ1n) is 17.2. The quantitative estimate of drug-likeness (QED) is 0.0382. The number of hydrogen-bond acceptors (Lipinski definition) is 10. The number of alkyl halides is 1. The summed E-state index contributed by atoms with van der Waals surface area (Å²) in [7, 11) is -4.20. The summed E-state index contributed by atoms with van der Waals surface area (Å²) in [4.78, 5) is 51.9. The number of unbranched alkanes of at least 4 members (excludes halogenated alkanes) is 1. The monoisotopic (exact) mass is 855 g/mol. The van der Waals surface area contributed by atoms with E-state index in [1.165, 1.54) is 33.5 Å². The van der Waals surface area contributed by atoms with Gasteiger partial charge in [0.25, 0.3) is 5.69 Å². The number of hydrogen-bond donors (Lipinski definition) is 1. The summed E-state index contributed by atoms with van der Waals surface area (Å²) >= 11 is 2.15. The van der Waals surface area contributed by atoms with Crippen molar-refractivity contribution >= 4 is 56.6 Å². The molecule has 0 saturated carbocycles. The summed E-state index contributed by atoms with van der Waals surface area (Å²) in [5, 5.41) is 14.3. The van der Waals surface area contributed by atoms with Crippen molar-refractivity contribution < 1.29 is 41.9 Å². The van der Waals surface area contributed by atoms with Crippen molar-refractivity contribution in [2.45, 2.75) is 116 Å². The fourth-order valence-electron chi connectivity index (χ4n) is 4.61. The Hall–Kier alpha value is -2.93. The summed E-state index contributed by atoms with van der Waals surface area (Å²) in [6, 6.07) is 5.27. The van der Waals surface area contributed by atoms with Gasteiger partial charge in [-0.1, -0.05) is 34.7 Å². The van der Waals surface area contributed by atoms with Gasteiger partial charge in [0.05, 0.1) is 4.92 Å². The molecule has 0 aliphatic rings. The minimum Gasteiger partial charge on any atom is -0.444 e. The van der Waals surface area contributed by atoms with Gasteiger partial charge in [-0.2, -0.15) is 4.31 Å². The number of nitro benzene ring substituents is 1. The highest BCUT2D eigenvalue weighted by Crippen LogP contribution is 2.27. The van der Waals surface area contributed by atoms with E-state index in [4.69, 9.17) is 14.2 Å². The number of para-hydroxylation sites is 1. The second-order valence-electron chi connectivity index (χ2n) is 14.9. The number of halogens is 1. The van der Waals surface area contributed by atoms with E-state index in [1.807, 2.05) is 0 Å². The Balaban J connectivity index is 2.99. The number of nitrogens with zero attached hydrogens (tertiary/aromatic N) is 4. The van der Waals surface area contributed by atoms with Crippen LogP contribution < -0.4 is 5.32 Å². The van der Waals surface area contributed by atoms with Crippen LogP contribution >= 0.6 is 22.6 Å².